The van der Waals surface area contributed by atoms with Crippen molar-refractivity contribution >= 4 is 34.5 Å². The molecule has 0 spiro atoms. The predicted octanol–water partition coefficient (Wildman–Crippen LogP) is 0.950. The number of hydrogen-bond donors (Lipinski definition) is 4. The summed E-state index contributed by atoms with van der Waals surface area (Å²) in [5, 5.41) is 27.7. The third-order valence-electron chi connectivity index (χ3n) is 6.46. The van der Waals surface area contributed by atoms with E-state index in [2.05, 4.69) is 37.4 Å². The van der Waals surface area contributed by atoms with Gasteiger partial charge in [-0.15, -0.1) is 0 Å². The molecule has 2 aliphatic carbocycles. The Balaban J connectivity index is 1.57. The van der Waals surface area contributed by atoms with Gasteiger partial charge in [-0.05, 0) is 36.6 Å². The fourth-order valence-corrected chi connectivity index (χ4v) is 4.94. The number of benzene rings is 1. The Bertz CT molecular complexity index is 1280. The van der Waals surface area contributed by atoms with Crippen LogP contribution >= 0.6 is 11.6 Å². The lowest BCUT2D eigenvalue weighted by Crippen LogP contribution is -2.41. The first-order chi connectivity index (χ1) is 15.4. The Morgan fingerprint density at radius 3 is 2.66 bits per heavy atom. The zero-order valence-electron chi connectivity index (χ0n) is 17.4. The van der Waals surface area contributed by atoms with Crippen LogP contribution in [0.25, 0.3) is 11.2 Å². The maximum Gasteiger partial charge on any atom is 0.229 e. The normalized spacial score (nSPS) is 28.0. The van der Waals surface area contributed by atoms with Crippen molar-refractivity contribution < 1.29 is 15.0 Å². The van der Waals surface area contributed by atoms with Crippen LogP contribution in [0, 0.1) is 23.2 Å². The molecule has 3 aromatic rings. The number of imidazole rings is 1. The highest BCUT2D eigenvalue weighted by Gasteiger charge is 2.75. The molecule has 0 radical (unpaired) electrons. The quantitative estimate of drug-likeness (QED) is 0.436. The lowest BCUT2D eigenvalue weighted by molar-refractivity contribution is -0.132. The zero-order valence-corrected chi connectivity index (χ0v) is 18.1. The topological polar surface area (TPSA) is 125 Å². The molecular weight excluding hydrogens is 432 g/mol. The molecule has 1 aromatic carbocycles. The molecule has 1 amide bonds. The third-order valence-corrected chi connectivity index (χ3v) is 6.72. The van der Waals surface area contributed by atoms with Crippen molar-refractivity contribution in [3.8, 4) is 11.8 Å². The van der Waals surface area contributed by atoms with Gasteiger partial charge in [-0.2, -0.15) is 0 Å². The van der Waals surface area contributed by atoms with Crippen LogP contribution in [0.5, 0.6) is 0 Å². The number of aliphatic hydroxyl groups excluding tert-OH is 2. The van der Waals surface area contributed by atoms with Gasteiger partial charge in [0.05, 0.1) is 23.9 Å². The highest BCUT2D eigenvalue weighted by Crippen LogP contribution is 2.67. The molecule has 0 aliphatic heterocycles. The number of anilines is 1. The summed E-state index contributed by atoms with van der Waals surface area (Å²) < 4.78 is 1.72. The van der Waals surface area contributed by atoms with Gasteiger partial charge in [-0.3, -0.25) is 4.79 Å². The molecule has 2 saturated carbocycles. The van der Waals surface area contributed by atoms with Crippen LogP contribution in [0.15, 0.2) is 30.6 Å². The van der Waals surface area contributed by atoms with Gasteiger partial charge in [0.15, 0.2) is 17.0 Å². The number of amides is 1. The van der Waals surface area contributed by atoms with Crippen LogP contribution in [0.4, 0.5) is 5.82 Å². The highest BCUT2D eigenvalue weighted by atomic mass is 35.5. The summed E-state index contributed by atoms with van der Waals surface area (Å²) in [7, 11) is 3.26. The highest BCUT2D eigenvalue weighted by molar-refractivity contribution is 6.30. The van der Waals surface area contributed by atoms with Crippen LogP contribution in [-0.2, 0) is 4.79 Å². The summed E-state index contributed by atoms with van der Waals surface area (Å²) in [5.74, 6) is 6.26. The van der Waals surface area contributed by atoms with Gasteiger partial charge in [0, 0.05) is 30.6 Å². The summed E-state index contributed by atoms with van der Waals surface area (Å²) in [6, 6.07) is 6.58. The number of carbonyl (C=O) groups is 1. The van der Waals surface area contributed by atoms with Gasteiger partial charge < -0.3 is 25.4 Å². The Labute approximate surface area is 188 Å². The van der Waals surface area contributed by atoms with Gasteiger partial charge in [-0.25, -0.2) is 15.0 Å². The number of nitrogens with zero attached hydrogens (tertiary/aromatic N) is 4. The lowest BCUT2D eigenvalue weighted by Gasteiger charge is -2.23. The van der Waals surface area contributed by atoms with Crippen LogP contribution in [0.3, 0.4) is 0 Å². The molecule has 0 unspecified atom stereocenters. The second-order valence-electron chi connectivity index (χ2n) is 8.08. The summed E-state index contributed by atoms with van der Waals surface area (Å²) in [4.78, 5) is 25.9. The van der Waals surface area contributed by atoms with E-state index in [9.17, 15) is 15.0 Å². The van der Waals surface area contributed by atoms with Crippen molar-refractivity contribution in [1.29, 1.82) is 0 Å². The van der Waals surface area contributed by atoms with Gasteiger partial charge in [0.25, 0.3) is 0 Å². The summed E-state index contributed by atoms with van der Waals surface area (Å²) in [6.45, 7) is 0. The number of fused-ring (bicyclic) bond motifs is 2. The third kappa shape index (κ3) is 2.95. The Morgan fingerprint density at radius 1 is 1.22 bits per heavy atom. The maximum absolute atomic E-state index is 12.4. The number of hydrogen-bond acceptors (Lipinski definition) is 7. The molecule has 2 heterocycles. The fraction of sp³-hybridized carbons (Fsp3) is 0.364. The molecular formula is C22H21ClN6O3. The molecule has 10 heteroatoms. The molecule has 9 nitrogen and oxygen atoms in total. The molecule has 5 atom stereocenters. The number of carbonyl (C=O) groups excluding carboxylic acids is 1. The van der Waals surface area contributed by atoms with Gasteiger partial charge in [0.2, 0.25) is 11.7 Å². The van der Waals surface area contributed by atoms with E-state index in [0.29, 0.717) is 28.4 Å². The molecule has 0 saturated heterocycles. The number of aliphatic hydroxyl groups is 2. The minimum atomic E-state index is -1.16. The monoisotopic (exact) mass is 452 g/mol. The summed E-state index contributed by atoms with van der Waals surface area (Å²) in [6.07, 6.45) is -0.234. The molecule has 2 aromatic heterocycles. The van der Waals surface area contributed by atoms with Crippen molar-refractivity contribution in [2.24, 2.45) is 11.3 Å². The fourth-order valence-electron chi connectivity index (χ4n) is 4.81. The number of halogens is 1. The first-order valence-corrected chi connectivity index (χ1v) is 10.6. The van der Waals surface area contributed by atoms with E-state index < -0.39 is 23.7 Å². The minimum Gasteiger partial charge on any atom is -0.389 e. The standard InChI is InChI=1S/C22H21ClN6O3/c1-24-19-15-20(28-14(27-19)8-5-11-3-6-12(23)7-4-11)29(10-26-15)16-13-9-22(13,21(32)25-2)18(31)17(16)30/h3-4,6-7,10,13,16-18,30-31H,9H2,1-2H3,(H,25,32)(H,24,27,28)/t13-,16-,17+,18+,22+/m1/s1. The minimum absolute atomic E-state index is 0.221. The van der Waals surface area contributed by atoms with E-state index in [4.69, 9.17) is 11.6 Å². The molecule has 32 heavy (non-hydrogen) atoms. The first-order valence-electron chi connectivity index (χ1n) is 10.2. The molecule has 0 bridgehead atoms. The SMILES string of the molecule is CNC(=O)[C@@]12C[C@@H]1[C@@H](n1cnc3c(NC)nc(C#Cc4ccc(Cl)cc4)nc31)[C@H](O)[C@@H]2O. The van der Waals surface area contributed by atoms with E-state index in [1.165, 1.54) is 7.05 Å². The van der Waals surface area contributed by atoms with E-state index in [1.807, 2.05) is 0 Å². The average molecular weight is 453 g/mol. The van der Waals surface area contributed by atoms with Gasteiger partial charge in [0.1, 0.15) is 6.10 Å². The zero-order chi connectivity index (χ0) is 22.6. The van der Waals surface area contributed by atoms with Crippen molar-refractivity contribution in [2.75, 3.05) is 19.4 Å². The second kappa shape index (κ2) is 7.45. The number of rotatable bonds is 3. The van der Waals surface area contributed by atoms with E-state index in [1.54, 1.807) is 42.2 Å². The number of nitrogens with one attached hydrogen (secondary N) is 2. The molecule has 2 fully saturated rings. The van der Waals surface area contributed by atoms with E-state index in [-0.39, 0.29) is 17.6 Å². The Kier molecular flexibility index (Phi) is 4.82. The van der Waals surface area contributed by atoms with E-state index in [0.717, 1.165) is 5.56 Å². The largest absolute Gasteiger partial charge is 0.389 e. The summed E-state index contributed by atoms with van der Waals surface area (Å²) >= 11 is 5.92. The van der Waals surface area contributed by atoms with E-state index >= 15 is 0 Å². The van der Waals surface area contributed by atoms with Crippen molar-refractivity contribution in [1.82, 2.24) is 24.8 Å². The van der Waals surface area contributed by atoms with Crippen LogP contribution in [-0.4, -0.2) is 61.9 Å². The van der Waals surface area contributed by atoms with Crippen LogP contribution < -0.4 is 10.6 Å². The lowest BCUT2D eigenvalue weighted by atomic mass is 9.98. The number of aromatic nitrogens is 4. The van der Waals surface area contributed by atoms with Crippen molar-refractivity contribution in [2.45, 2.75) is 24.7 Å². The molecule has 4 N–H and O–H groups in total. The van der Waals surface area contributed by atoms with Crippen molar-refractivity contribution in [3.63, 3.8) is 0 Å². The predicted molar refractivity (Wildman–Crippen MR) is 118 cm³/mol. The summed E-state index contributed by atoms with van der Waals surface area (Å²) in [5.41, 5.74) is 0.774. The van der Waals surface area contributed by atoms with Crippen LogP contribution in [0.2, 0.25) is 5.02 Å². The van der Waals surface area contributed by atoms with Crippen molar-refractivity contribution in [3.05, 3.63) is 47.0 Å². The first kappa shape index (κ1) is 20.7. The molecule has 5 rings (SSSR count). The Hall–Kier alpha value is -3.19. The second-order valence-corrected chi connectivity index (χ2v) is 8.52. The van der Waals surface area contributed by atoms with Crippen LogP contribution in [0.1, 0.15) is 23.9 Å². The maximum atomic E-state index is 12.4. The van der Waals surface area contributed by atoms with Gasteiger partial charge >= 0.3 is 0 Å². The molecule has 2 aliphatic rings. The smallest absolute Gasteiger partial charge is 0.229 e. The van der Waals surface area contributed by atoms with Gasteiger partial charge in [-0.1, -0.05) is 17.5 Å². The Morgan fingerprint density at radius 2 is 1.97 bits per heavy atom. The average Bonchev–Trinajstić information content (AvgIpc) is 3.34. The molecule has 164 valence electrons.